The van der Waals surface area contributed by atoms with Gasteiger partial charge in [-0.15, -0.1) is 0 Å². The van der Waals surface area contributed by atoms with Crippen LogP contribution >= 0.6 is 0 Å². The van der Waals surface area contributed by atoms with E-state index < -0.39 is 5.97 Å². The van der Waals surface area contributed by atoms with Gasteiger partial charge in [-0.2, -0.15) is 0 Å². The van der Waals surface area contributed by atoms with E-state index >= 15 is 0 Å². The molecule has 1 aliphatic rings. The lowest BCUT2D eigenvalue weighted by Crippen LogP contribution is -2.44. The van der Waals surface area contributed by atoms with Crippen molar-refractivity contribution >= 4 is 23.5 Å². The molecule has 2 rings (SSSR count). The minimum absolute atomic E-state index is 0.0309. The summed E-state index contributed by atoms with van der Waals surface area (Å²) in [4.78, 5) is 36.9. The van der Waals surface area contributed by atoms with Crippen LogP contribution in [0.2, 0.25) is 0 Å². The van der Waals surface area contributed by atoms with Crippen molar-refractivity contribution in [1.82, 2.24) is 5.32 Å². The number of amides is 2. The van der Waals surface area contributed by atoms with Gasteiger partial charge in [-0.25, -0.2) is 4.79 Å². The maximum absolute atomic E-state index is 12.5. The summed E-state index contributed by atoms with van der Waals surface area (Å²) in [6.07, 6.45) is 0.873. The van der Waals surface area contributed by atoms with Crippen LogP contribution in [0.3, 0.4) is 0 Å². The Hall–Kier alpha value is -2.37. The standard InChI is InChI=1S/C15H18N2O4/c1-17(14(19)10-7-8-13(18)16-9-10)12-6-4-3-5-11(12)15(20)21-2/h3-6,10H,7-9H2,1-2H3,(H,16,18). The number of piperidine rings is 1. The van der Waals surface area contributed by atoms with Gasteiger partial charge in [-0.05, 0) is 18.6 Å². The van der Waals surface area contributed by atoms with Crippen molar-refractivity contribution in [2.24, 2.45) is 5.92 Å². The van der Waals surface area contributed by atoms with E-state index in [0.29, 0.717) is 30.6 Å². The van der Waals surface area contributed by atoms with E-state index in [9.17, 15) is 14.4 Å². The Kier molecular flexibility index (Phi) is 4.57. The minimum atomic E-state index is -0.484. The van der Waals surface area contributed by atoms with Crippen molar-refractivity contribution < 1.29 is 19.1 Å². The van der Waals surface area contributed by atoms with Crippen molar-refractivity contribution in [2.75, 3.05) is 25.6 Å². The lowest BCUT2D eigenvalue weighted by atomic mass is 9.97. The van der Waals surface area contributed by atoms with E-state index in [0.717, 1.165) is 0 Å². The van der Waals surface area contributed by atoms with Gasteiger partial charge in [0, 0.05) is 20.0 Å². The summed E-state index contributed by atoms with van der Waals surface area (Å²) in [7, 11) is 2.93. The zero-order chi connectivity index (χ0) is 15.4. The number of carbonyl (C=O) groups is 3. The fourth-order valence-electron chi connectivity index (χ4n) is 2.38. The molecule has 1 N–H and O–H groups in total. The second kappa shape index (κ2) is 6.39. The van der Waals surface area contributed by atoms with Gasteiger partial charge in [-0.3, -0.25) is 9.59 Å². The Morgan fingerprint density at radius 2 is 2.05 bits per heavy atom. The first kappa shape index (κ1) is 15.0. The Labute approximate surface area is 123 Å². The zero-order valence-electron chi connectivity index (χ0n) is 12.1. The molecule has 0 saturated carbocycles. The third-order valence-electron chi connectivity index (χ3n) is 3.62. The zero-order valence-corrected chi connectivity index (χ0v) is 12.1. The Morgan fingerprint density at radius 1 is 1.33 bits per heavy atom. The number of nitrogens with zero attached hydrogens (tertiary/aromatic N) is 1. The molecule has 1 unspecified atom stereocenters. The van der Waals surface area contributed by atoms with Crippen molar-refractivity contribution in [1.29, 1.82) is 0 Å². The molecule has 0 radical (unpaired) electrons. The lowest BCUT2D eigenvalue weighted by Gasteiger charge is -2.27. The largest absolute Gasteiger partial charge is 0.465 e. The molecule has 6 heteroatoms. The van der Waals surface area contributed by atoms with Crippen LogP contribution in [0.5, 0.6) is 0 Å². The number of benzene rings is 1. The molecule has 0 bridgehead atoms. The van der Waals surface area contributed by atoms with E-state index in [1.54, 1.807) is 31.3 Å². The first-order chi connectivity index (χ1) is 10.0. The smallest absolute Gasteiger partial charge is 0.339 e. The van der Waals surface area contributed by atoms with E-state index in [4.69, 9.17) is 4.74 Å². The quantitative estimate of drug-likeness (QED) is 0.841. The van der Waals surface area contributed by atoms with Gasteiger partial charge in [0.25, 0.3) is 0 Å². The van der Waals surface area contributed by atoms with Crippen LogP contribution in [-0.2, 0) is 14.3 Å². The third kappa shape index (κ3) is 3.21. The van der Waals surface area contributed by atoms with Crippen LogP contribution in [0, 0.1) is 5.92 Å². The number of anilines is 1. The molecule has 0 aromatic heterocycles. The van der Waals surface area contributed by atoms with Gasteiger partial charge >= 0.3 is 5.97 Å². The molecular weight excluding hydrogens is 272 g/mol. The first-order valence-electron chi connectivity index (χ1n) is 6.76. The Morgan fingerprint density at radius 3 is 2.67 bits per heavy atom. The highest BCUT2D eigenvalue weighted by Crippen LogP contribution is 2.23. The lowest BCUT2D eigenvalue weighted by molar-refractivity contribution is -0.127. The SMILES string of the molecule is COC(=O)c1ccccc1N(C)C(=O)C1CCC(=O)NC1. The Bertz CT molecular complexity index is 561. The summed E-state index contributed by atoms with van der Waals surface area (Å²) < 4.78 is 4.73. The van der Waals surface area contributed by atoms with Crippen molar-refractivity contribution in [3.63, 3.8) is 0 Å². The van der Waals surface area contributed by atoms with Gasteiger partial charge in [0.15, 0.2) is 0 Å². The third-order valence-corrected chi connectivity index (χ3v) is 3.62. The topological polar surface area (TPSA) is 75.7 Å². The predicted octanol–water partition coefficient (Wildman–Crippen LogP) is 0.962. The molecule has 2 amide bonds. The van der Waals surface area contributed by atoms with E-state index in [2.05, 4.69) is 5.32 Å². The van der Waals surface area contributed by atoms with Crippen molar-refractivity contribution in [2.45, 2.75) is 12.8 Å². The highest BCUT2D eigenvalue weighted by atomic mass is 16.5. The molecule has 6 nitrogen and oxygen atoms in total. The van der Waals surface area contributed by atoms with Crippen LogP contribution in [0.4, 0.5) is 5.69 Å². The van der Waals surface area contributed by atoms with Gasteiger partial charge in [0.1, 0.15) is 0 Å². The average Bonchev–Trinajstić information content (AvgIpc) is 2.53. The number of para-hydroxylation sites is 1. The van der Waals surface area contributed by atoms with Gasteiger partial charge in [0.2, 0.25) is 11.8 Å². The van der Waals surface area contributed by atoms with Gasteiger partial charge < -0.3 is 15.0 Å². The van der Waals surface area contributed by atoms with Crippen LogP contribution in [0.1, 0.15) is 23.2 Å². The molecule has 1 aliphatic heterocycles. The average molecular weight is 290 g/mol. The first-order valence-corrected chi connectivity index (χ1v) is 6.76. The molecule has 112 valence electrons. The highest BCUT2D eigenvalue weighted by Gasteiger charge is 2.28. The number of hydrogen-bond donors (Lipinski definition) is 1. The second-order valence-corrected chi connectivity index (χ2v) is 4.95. The van der Waals surface area contributed by atoms with E-state index in [-0.39, 0.29) is 17.7 Å². The normalized spacial score (nSPS) is 17.8. The summed E-state index contributed by atoms with van der Waals surface area (Å²) in [5, 5.41) is 2.69. The summed E-state index contributed by atoms with van der Waals surface area (Å²) in [6, 6.07) is 6.79. The highest BCUT2D eigenvalue weighted by molar-refractivity contribution is 6.03. The second-order valence-electron chi connectivity index (χ2n) is 4.95. The maximum Gasteiger partial charge on any atom is 0.339 e. The van der Waals surface area contributed by atoms with E-state index in [1.807, 2.05) is 0 Å². The van der Waals surface area contributed by atoms with Gasteiger partial charge in [0.05, 0.1) is 24.3 Å². The van der Waals surface area contributed by atoms with Crippen molar-refractivity contribution in [3.8, 4) is 0 Å². The van der Waals surface area contributed by atoms with Gasteiger partial charge in [-0.1, -0.05) is 12.1 Å². The number of nitrogens with one attached hydrogen (secondary N) is 1. The number of esters is 1. The minimum Gasteiger partial charge on any atom is -0.465 e. The molecule has 1 aromatic rings. The number of carbonyl (C=O) groups excluding carboxylic acids is 3. The molecule has 1 atom stereocenters. The molecular formula is C15H18N2O4. The van der Waals surface area contributed by atoms with E-state index in [1.165, 1.54) is 12.0 Å². The molecule has 1 aromatic carbocycles. The molecule has 0 spiro atoms. The van der Waals surface area contributed by atoms with Crippen LogP contribution in [0.15, 0.2) is 24.3 Å². The molecule has 21 heavy (non-hydrogen) atoms. The monoisotopic (exact) mass is 290 g/mol. The van der Waals surface area contributed by atoms with Crippen LogP contribution < -0.4 is 10.2 Å². The predicted molar refractivity (Wildman–Crippen MR) is 76.9 cm³/mol. The van der Waals surface area contributed by atoms with Crippen LogP contribution in [0.25, 0.3) is 0 Å². The van der Waals surface area contributed by atoms with Crippen molar-refractivity contribution in [3.05, 3.63) is 29.8 Å². The molecule has 1 heterocycles. The number of hydrogen-bond acceptors (Lipinski definition) is 4. The summed E-state index contributed by atoms with van der Waals surface area (Å²) >= 11 is 0. The summed E-state index contributed by atoms with van der Waals surface area (Å²) in [6.45, 7) is 0.336. The fourth-order valence-corrected chi connectivity index (χ4v) is 2.38. The number of methoxy groups -OCH3 is 1. The molecule has 1 fully saturated rings. The van der Waals surface area contributed by atoms with Crippen LogP contribution in [-0.4, -0.2) is 38.5 Å². The number of ether oxygens (including phenoxy) is 1. The molecule has 0 aliphatic carbocycles. The number of rotatable bonds is 3. The summed E-state index contributed by atoms with van der Waals surface area (Å²) in [5.41, 5.74) is 0.849. The fraction of sp³-hybridized carbons (Fsp3) is 0.400. The summed E-state index contributed by atoms with van der Waals surface area (Å²) in [5.74, 6) is -0.899. The maximum atomic E-state index is 12.5. The Balaban J connectivity index is 2.19. The molecule has 1 saturated heterocycles.